The lowest BCUT2D eigenvalue weighted by Crippen LogP contribution is -2.43. The third kappa shape index (κ3) is 7.23. The highest BCUT2D eigenvalue weighted by Crippen LogP contribution is 2.28. The van der Waals surface area contributed by atoms with Crippen LogP contribution >= 0.6 is 46.6 Å². The van der Waals surface area contributed by atoms with Gasteiger partial charge in [0.2, 0.25) is 15.9 Å². The molecule has 0 aromatic heterocycles. The summed E-state index contributed by atoms with van der Waals surface area (Å²) in [5, 5.41) is 4.25. The second-order valence-electron chi connectivity index (χ2n) is 7.67. The first-order valence-corrected chi connectivity index (χ1v) is 14.3. The number of carbonyl (C=O) groups excluding carboxylic acids is 1. The number of thioether (sulfide) groups is 1. The second kappa shape index (κ2) is 12.1. The molecule has 0 radical (unpaired) electrons. The fraction of sp³-hybridized carbons (Fsp3) is 0.409. The standard InChI is InChI=1S/C22H24Cl3FN2O3S2/c23-18-3-1-4-19(24)16(18)13-32-12-9-27-22(29)15-7-10-28(11-8-15)33(30,31)14-17-20(25)5-2-6-21(17)26/h1-6,15H,7-14H2,(H,27,29). The molecule has 1 saturated heterocycles. The molecule has 0 spiro atoms. The zero-order valence-corrected chi connectivity index (χ0v) is 21.6. The SMILES string of the molecule is O=C(NCCSCc1c(Cl)cccc1Cl)C1CCN(S(=O)(=O)Cc2c(F)cccc2Cl)CC1. The lowest BCUT2D eigenvalue weighted by molar-refractivity contribution is -0.125. The van der Waals surface area contributed by atoms with Gasteiger partial charge < -0.3 is 5.32 Å². The molecule has 180 valence electrons. The molecule has 0 atom stereocenters. The van der Waals surface area contributed by atoms with Gasteiger partial charge in [-0.15, -0.1) is 0 Å². The fourth-order valence-electron chi connectivity index (χ4n) is 3.58. The van der Waals surface area contributed by atoms with Crippen molar-refractivity contribution in [3.05, 3.63) is 68.4 Å². The Bertz CT molecular complexity index is 1050. The van der Waals surface area contributed by atoms with E-state index in [2.05, 4.69) is 5.32 Å². The molecule has 1 amide bonds. The zero-order chi connectivity index (χ0) is 24.0. The number of benzene rings is 2. The van der Waals surface area contributed by atoms with E-state index in [1.165, 1.54) is 22.5 Å². The van der Waals surface area contributed by atoms with Gasteiger partial charge in [0.1, 0.15) is 5.82 Å². The maximum atomic E-state index is 14.0. The predicted molar refractivity (Wildman–Crippen MR) is 134 cm³/mol. The van der Waals surface area contributed by atoms with Gasteiger partial charge in [-0.2, -0.15) is 11.8 Å². The van der Waals surface area contributed by atoms with Crippen molar-refractivity contribution in [2.45, 2.75) is 24.3 Å². The van der Waals surface area contributed by atoms with Crippen molar-refractivity contribution in [3.63, 3.8) is 0 Å². The Kier molecular flexibility index (Phi) is 9.73. The first-order chi connectivity index (χ1) is 15.7. The van der Waals surface area contributed by atoms with Gasteiger partial charge in [-0.1, -0.05) is 46.9 Å². The van der Waals surface area contributed by atoms with Crippen LogP contribution in [-0.2, 0) is 26.3 Å². The second-order valence-corrected chi connectivity index (χ2v) is 12.0. The molecule has 5 nitrogen and oxygen atoms in total. The van der Waals surface area contributed by atoms with Gasteiger partial charge in [0, 0.05) is 57.7 Å². The number of halogens is 4. The Labute approximate surface area is 213 Å². The van der Waals surface area contributed by atoms with Crippen LogP contribution in [0.4, 0.5) is 4.39 Å². The van der Waals surface area contributed by atoms with E-state index < -0.39 is 21.6 Å². The van der Waals surface area contributed by atoms with Crippen molar-refractivity contribution in [1.29, 1.82) is 0 Å². The number of sulfonamides is 1. The summed E-state index contributed by atoms with van der Waals surface area (Å²) in [5.74, 6) is -0.130. The first kappa shape index (κ1) is 26.6. The lowest BCUT2D eigenvalue weighted by atomic mass is 9.97. The van der Waals surface area contributed by atoms with E-state index in [1.54, 1.807) is 30.0 Å². The molecular weight excluding hydrogens is 530 g/mol. The molecule has 1 N–H and O–H groups in total. The monoisotopic (exact) mass is 552 g/mol. The quantitative estimate of drug-likeness (QED) is 0.424. The first-order valence-electron chi connectivity index (χ1n) is 10.4. The highest BCUT2D eigenvalue weighted by Gasteiger charge is 2.32. The van der Waals surface area contributed by atoms with Crippen molar-refractivity contribution >= 4 is 62.5 Å². The van der Waals surface area contributed by atoms with E-state index in [9.17, 15) is 17.6 Å². The van der Waals surface area contributed by atoms with E-state index >= 15 is 0 Å². The summed E-state index contributed by atoms with van der Waals surface area (Å²) in [6, 6.07) is 9.47. The van der Waals surface area contributed by atoms with Crippen LogP contribution in [0.2, 0.25) is 15.1 Å². The number of amides is 1. The summed E-state index contributed by atoms with van der Waals surface area (Å²) in [6.45, 7) is 0.925. The van der Waals surface area contributed by atoms with Crippen LogP contribution in [0.25, 0.3) is 0 Å². The average molecular weight is 554 g/mol. The van der Waals surface area contributed by atoms with Gasteiger partial charge >= 0.3 is 0 Å². The van der Waals surface area contributed by atoms with Crippen molar-refractivity contribution in [1.82, 2.24) is 9.62 Å². The van der Waals surface area contributed by atoms with E-state index in [-0.39, 0.29) is 35.5 Å². The Morgan fingerprint density at radius 2 is 1.61 bits per heavy atom. The number of hydrogen-bond acceptors (Lipinski definition) is 4. The molecule has 1 heterocycles. The molecule has 2 aromatic rings. The van der Waals surface area contributed by atoms with Crippen LogP contribution < -0.4 is 5.32 Å². The maximum absolute atomic E-state index is 14.0. The molecule has 0 bridgehead atoms. The minimum absolute atomic E-state index is 0.0328. The molecule has 33 heavy (non-hydrogen) atoms. The molecule has 0 saturated carbocycles. The van der Waals surface area contributed by atoms with Crippen LogP contribution in [0, 0.1) is 11.7 Å². The number of hydrogen-bond donors (Lipinski definition) is 1. The molecule has 2 aromatic carbocycles. The smallest absolute Gasteiger partial charge is 0.223 e. The Balaban J connectivity index is 1.41. The van der Waals surface area contributed by atoms with Gasteiger partial charge in [0.05, 0.1) is 5.75 Å². The topological polar surface area (TPSA) is 66.5 Å². The Hall–Kier alpha value is -1.03. The van der Waals surface area contributed by atoms with Gasteiger partial charge in [0.25, 0.3) is 0 Å². The zero-order valence-electron chi connectivity index (χ0n) is 17.7. The van der Waals surface area contributed by atoms with E-state index in [1.807, 2.05) is 0 Å². The molecule has 11 heteroatoms. The third-order valence-electron chi connectivity index (χ3n) is 5.46. The molecule has 0 unspecified atom stereocenters. The lowest BCUT2D eigenvalue weighted by Gasteiger charge is -2.30. The van der Waals surface area contributed by atoms with Crippen LogP contribution in [-0.4, -0.2) is 44.0 Å². The number of rotatable bonds is 9. The Morgan fingerprint density at radius 1 is 1.03 bits per heavy atom. The molecular formula is C22H24Cl3FN2O3S2. The number of piperidine rings is 1. The van der Waals surface area contributed by atoms with Crippen LogP contribution in [0.3, 0.4) is 0 Å². The van der Waals surface area contributed by atoms with Crippen LogP contribution in [0.15, 0.2) is 36.4 Å². The summed E-state index contributed by atoms with van der Waals surface area (Å²) >= 11 is 19.9. The Morgan fingerprint density at radius 3 is 2.21 bits per heavy atom. The highest BCUT2D eigenvalue weighted by molar-refractivity contribution is 7.98. The maximum Gasteiger partial charge on any atom is 0.223 e. The van der Waals surface area contributed by atoms with E-state index in [4.69, 9.17) is 34.8 Å². The summed E-state index contributed by atoms with van der Waals surface area (Å²) in [4.78, 5) is 12.5. The summed E-state index contributed by atoms with van der Waals surface area (Å²) < 4.78 is 40.7. The minimum atomic E-state index is -3.74. The van der Waals surface area contributed by atoms with Crippen LogP contribution in [0.1, 0.15) is 24.0 Å². The minimum Gasteiger partial charge on any atom is -0.355 e. The van der Waals surface area contributed by atoms with E-state index in [0.29, 0.717) is 40.9 Å². The molecule has 0 aliphatic carbocycles. The number of nitrogens with zero attached hydrogens (tertiary/aromatic N) is 1. The van der Waals surface area contributed by atoms with E-state index in [0.717, 1.165) is 5.56 Å². The van der Waals surface area contributed by atoms with Crippen molar-refractivity contribution in [2.75, 3.05) is 25.4 Å². The predicted octanol–water partition coefficient (Wildman–Crippen LogP) is 5.38. The third-order valence-corrected chi connectivity index (χ3v) is 9.31. The highest BCUT2D eigenvalue weighted by atomic mass is 35.5. The van der Waals surface area contributed by atoms with Gasteiger partial charge in [-0.3, -0.25) is 4.79 Å². The van der Waals surface area contributed by atoms with Crippen molar-refractivity contribution < 1.29 is 17.6 Å². The fourth-order valence-corrected chi connectivity index (χ4v) is 7.09. The number of carbonyl (C=O) groups is 1. The molecule has 1 fully saturated rings. The number of nitrogens with one attached hydrogen (secondary N) is 1. The van der Waals surface area contributed by atoms with Gasteiger partial charge in [-0.25, -0.2) is 17.1 Å². The van der Waals surface area contributed by atoms with Crippen molar-refractivity contribution in [3.8, 4) is 0 Å². The van der Waals surface area contributed by atoms with Crippen LogP contribution in [0.5, 0.6) is 0 Å². The summed E-state index contributed by atoms with van der Waals surface area (Å²) in [5.41, 5.74) is 0.844. The average Bonchev–Trinajstić information content (AvgIpc) is 2.78. The molecule has 3 rings (SSSR count). The van der Waals surface area contributed by atoms with Gasteiger partial charge in [-0.05, 0) is 42.7 Å². The summed E-state index contributed by atoms with van der Waals surface area (Å²) in [6.07, 6.45) is 0.830. The largest absolute Gasteiger partial charge is 0.355 e. The van der Waals surface area contributed by atoms with Gasteiger partial charge in [0.15, 0.2) is 0 Å². The summed E-state index contributed by atoms with van der Waals surface area (Å²) in [7, 11) is -3.74. The normalized spacial score (nSPS) is 15.5. The van der Waals surface area contributed by atoms with Crippen molar-refractivity contribution in [2.24, 2.45) is 5.92 Å². The molecule has 1 aliphatic heterocycles. The molecule has 1 aliphatic rings.